The second-order valence-electron chi connectivity index (χ2n) is 5.49. The lowest BCUT2D eigenvalue weighted by Crippen LogP contribution is -2.23. The van der Waals surface area contributed by atoms with E-state index >= 15 is 0 Å². The van der Waals surface area contributed by atoms with Crippen LogP contribution in [0, 0.1) is 0 Å². The molecule has 25 heavy (non-hydrogen) atoms. The number of carbonyl (C=O) groups excluding carboxylic acids is 1. The van der Waals surface area contributed by atoms with Crippen molar-refractivity contribution in [3.8, 4) is 11.5 Å². The fourth-order valence-electron chi connectivity index (χ4n) is 2.35. The smallest absolute Gasteiger partial charge is 0.225 e. The predicted molar refractivity (Wildman–Crippen MR) is 101 cm³/mol. The van der Waals surface area contributed by atoms with Gasteiger partial charge in [-0.25, -0.2) is 0 Å². The standard InChI is InChI=1S/C19H23ClN2O3/c1-24-17-8-3-14(13-18(17)25-2)9-11-21-12-10-19(23)22-16-6-4-15(20)5-7-16/h3-8,13,21H,9-12H2,1-2H3,(H,22,23). The summed E-state index contributed by atoms with van der Waals surface area (Å²) in [6.07, 6.45) is 1.26. The van der Waals surface area contributed by atoms with Crippen LogP contribution < -0.4 is 20.1 Å². The van der Waals surface area contributed by atoms with E-state index in [-0.39, 0.29) is 5.91 Å². The molecule has 1 amide bonds. The summed E-state index contributed by atoms with van der Waals surface area (Å²) in [7, 11) is 3.24. The first-order valence-corrected chi connectivity index (χ1v) is 8.47. The maximum Gasteiger partial charge on any atom is 0.225 e. The van der Waals surface area contributed by atoms with Gasteiger partial charge in [-0.05, 0) is 54.9 Å². The van der Waals surface area contributed by atoms with Gasteiger partial charge in [-0.2, -0.15) is 0 Å². The Morgan fingerprint density at radius 1 is 1.00 bits per heavy atom. The summed E-state index contributed by atoms with van der Waals surface area (Å²) in [6, 6.07) is 12.9. The highest BCUT2D eigenvalue weighted by atomic mass is 35.5. The SMILES string of the molecule is COc1ccc(CCNCCC(=O)Nc2ccc(Cl)cc2)cc1OC. The number of nitrogens with one attached hydrogen (secondary N) is 2. The molecular formula is C19H23ClN2O3. The number of carbonyl (C=O) groups is 1. The quantitative estimate of drug-likeness (QED) is 0.670. The molecule has 0 saturated carbocycles. The van der Waals surface area contributed by atoms with Crippen LogP contribution >= 0.6 is 11.6 Å². The summed E-state index contributed by atoms with van der Waals surface area (Å²) in [5, 5.41) is 6.76. The van der Waals surface area contributed by atoms with Crippen LogP contribution in [0.2, 0.25) is 5.02 Å². The van der Waals surface area contributed by atoms with E-state index in [1.807, 2.05) is 18.2 Å². The fourth-order valence-corrected chi connectivity index (χ4v) is 2.48. The topological polar surface area (TPSA) is 59.6 Å². The Balaban J connectivity index is 1.67. The van der Waals surface area contributed by atoms with Gasteiger partial charge in [-0.15, -0.1) is 0 Å². The monoisotopic (exact) mass is 362 g/mol. The Labute approximate surface area is 153 Å². The molecule has 2 N–H and O–H groups in total. The van der Waals surface area contributed by atoms with Crippen LogP contribution in [-0.2, 0) is 11.2 Å². The average Bonchev–Trinajstić information content (AvgIpc) is 2.63. The van der Waals surface area contributed by atoms with Crippen molar-refractivity contribution in [1.82, 2.24) is 5.32 Å². The second-order valence-corrected chi connectivity index (χ2v) is 5.93. The summed E-state index contributed by atoms with van der Waals surface area (Å²) in [6.45, 7) is 1.40. The Hall–Kier alpha value is -2.24. The largest absolute Gasteiger partial charge is 0.493 e. The minimum absolute atomic E-state index is 0.0269. The van der Waals surface area contributed by atoms with E-state index < -0.39 is 0 Å². The molecule has 0 bridgehead atoms. The number of hydrogen-bond acceptors (Lipinski definition) is 4. The number of benzene rings is 2. The predicted octanol–water partition coefficient (Wildman–Crippen LogP) is 3.52. The van der Waals surface area contributed by atoms with Crippen molar-refractivity contribution < 1.29 is 14.3 Å². The molecule has 2 aromatic rings. The van der Waals surface area contributed by atoms with Crippen molar-refractivity contribution in [2.45, 2.75) is 12.8 Å². The number of anilines is 1. The third kappa shape index (κ3) is 6.29. The van der Waals surface area contributed by atoms with Crippen LogP contribution in [0.15, 0.2) is 42.5 Å². The van der Waals surface area contributed by atoms with E-state index in [4.69, 9.17) is 21.1 Å². The summed E-state index contributed by atoms with van der Waals surface area (Å²) in [4.78, 5) is 11.9. The molecule has 5 nitrogen and oxygen atoms in total. The molecule has 2 aromatic carbocycles. The van der Waals surface area contributed by atoms with E-state index in [0.717, 1.165) is 35.7 Å². The van der Waals surface area contributed by atoms with E-state index in [0.29, 0.717) is 18.0 Å². The molecule has 6 heteroatoms. The number of amides is 1. The first kappa shape index (κ1) is 19.1. The molecule has 0 unspecified atom stereocenters. The molecular weight excluding hydrogens is 340 g/mol. The van der Waals surface area contributed by atoms with Gasteiger partial charge >= 0.3 is 0 Å². The molecule has 0 fully saturated rings. The lowest BCUT2D eigenvalue weighted by atomic mass is 10.1. The number of halogens is 1. The van der Waals surface area contributed by atoms with Gasteiger partial charge in [-0.1, -0.05) is 17.7 Å². The number of ether oxygens (including phenoxy) is 2. The summed E-state index contributed by atoms with van der Waals surface area (Å²) in [5.74, 6) is 1.42. The van der Waals surface area contributed by atoms with Gasteiger partial charge in [0, 0.05) is 23.7 Å². The van der Waals surface area contributed by atoms with Gasteiger partial charge in [0.05, 0.1) is 14.2 Å². The summed E-state index contributed by atoms with van der Waals surface area (Å²) < 4.78 is 10.5. The van der Waals surface area contributed by atoms with Gasteiger partial charge in [0.2, 0.25) is 5.91 Å². The van der Waals surface area contributed by atoms with Crippen molar-refractivity contribution in [1.29, 1.82) is 0 Å². The van der Waals surface area contributed by atoms with Gasteiger partial charge in [0.25, 0.3) is 0 Å². The molecule has 0 spiro atoms. The minimum atomic E-state index is -0.0269. The summed E-state index contributed by atoms with van der Waals surface area (Å²) >= 11 is 5.82. The third-order valence-electron chi connectivity index (χ3n) is 3.70. The first-order chi connectivity index (χ1) is 12.1. The summed E-state index contributed by atoms with van der Waals surface area (Å²) in [5.41, 5.74) is 1.90. The average molecular weight is 363 g/mol. The molecule has 0 saturated heterocycles. The highest BCUT2D eigenvalue weighted by Gasteiger charge is 2.05. The van der Waals surface area contributed by atoms with Gasteiger partial charge in [0.1, 0.15) is 0 Å². The van der Waals surface area contributed by atoms with Crippen LogP contribution in [0.1, 0.15) is 12.0 Å². The van der Waals surface area contributed by atoms with Crippen molar-refractivity contribution in [2.24, 2.45) is 0 Å². The zero-order chi connectivity index (χ0) is 18.1. The number of hydrogen-bond donors (Lipinski definition) is 2. The van der Waals surface area contributed by atoms with Crippen LogP contribution in [0.25, 0.3) is 0 Å². The maximum absolute atomic E-state index is 11.9. The number of rotatable bonds is 9. The van der Waals surface area contributed by atoms with Crippen LogP contribution in [0.4, 0.5) is 5.69 Å². The fraction of sp³-hybridized carbons (Fsp3) is 0.316. The lowest BCUT2D eigenvalue weighted by molar-refractivity contribution is -0.116. The molecule has 0 aliphatic carbocycles. The number of methoxy groups -OCH3 is 2. The highest BCUT2D eigenvalue weighted by Crippen LogP contribution is 2.27. The van der Waals surface area contributed by atoms with E-state index in [9.17, 15) is 4.79 Å². The Bertz CT molecular complexity index is 690. The molecule has 0 aliphatic rings. The van der Waals surface area contributed by atoms with Crippen molar-refractivity contribution >= 4 is 23.2 Å². The van der Waals surface area contributed by atoms with Gasteiger partial charge in [0.15, 0.2) is 11.5 Å². The maximum atomic E-state index is 11.9. The van der Waals surface area contributed by atoms with Crippen molar-refractivity contribution in [2.75, 3.05) is 32.6 Å². The van der Waals surface area contributed by atoms with Crippen LogP contribution in [-0.4, -0.2) is 33.2 Å². The molecule has 0 atom stereocenters. The van der Waals surface area contributed by atoms with Crippen molar-refractivity contribution in [3.05, 3.63) is 53.1 Å². The molecule has 2 rings (SSSR count). The van der Waals surface area contributed by atoms with Gasteiger partial charge < -0.3 is 20.1 Å². The first-order valence-electron chi connectivity index (χ1n) is 8.09. The lowest BCUT2D eigenvalue weighted by Gasteiger charge is -2.10. The minimum Gasteiger partial charge on any atom is -0.493 e. The normalized spacial score (nSPS) is 10.4. The Morgan fingerprint density at radius 2 is 1.72 bits per heavy atom. The van der Waals surface area contributed by atoms with E-state index in [1.165, 1.54) is 0 Å². The Kier molecular flexibility index (Phi) is 7.57. The second kappa shape index (κ2) is 9.91. The Morgan fingerprint density at radius 3 is 2.40 bits per heavy atom. The van der Waals surface area contributed by atoms with Crippen LogP contribution in [0.5, 0.6) is 11.5 Å². The van der Waals surface area contributed by atoms with Gasteiger partial charge in [-0.3, -0.25) is 4.79 Å². The van der Waals surface area contributed by atoms with E-state index in [1.54, 1.807) is 38.5 Å². The zero-order valence-electron chi connectivity index (χ0n) is 14.5. The zero-order valence-corrected chi connectivity index (χ0v) is 15.2. The molecule has 134 valence electrons. The third-order valence-corrected chi connectivity index (χ3v) is 3.95. The van der Waals surface area contributed by atoms with E-state index in [2.05, 4.69) is 10.6 Å². The van der Waals surface area contributed by atoms with Crippen LogP contribution in [0.3, 0.4) is 0 Å². The van der Waals surface area contributed by atoms with Crippen molar-refractivity contribution in [3.63, 3.8) is 0 Å². The molecule has 0 heterocycles. The molecule has 0 radical (unpaired) electrons. The molecule has 0 aromatic heterocycles. The highest BCUT2D eigenvalue weighted by molar-refractivity contribution is 6.30. The molecule has 0 aliphatic heterocycles.